The number of nitrogens with zero attached hydrogens (tertiary/aromatic N) is 2. The first kappa shape index (κ1) is 17.3. The Bertz CT molecular complexity index is 592. The van der Waals surface area contributed by atoms with Crippen molar-refractivity contribution in [2.75, 3.05) is 32.8 Å². The Kier molecular flexibility index (Phi) is 5.19. The van der Waals surface area contributed by atoms with Gasteiger partial charge in [-0.15, -0.1) is 0 Å². The summed E-state index contributed by atoms with van der Waals surface area (Å²) in [4.78, 5) is 2.24. The molecule has 1 aromatic rings. The molecule has 1 N–H and O–H groups in total. The summed E-state index contributed by atoms with van der Waals surface area (Å²) in [6.45, 7) is 3.65. The number of nitriles is 1. The number of ether oxygens (including phenoxy) is 1. The molecule has 0 spiro atoms. The van der Waals surface area contributed by atoms with E-state index in [0.29, 0.717) is 26.2 Å². The van der Waals surface area contributed by atoms with Crippen LogP contribution in [0, 0.1) is 22.6 Å². The highest BCUT2D eigenvalue weighted by Gasteiger charge is 2.38. The van der Waals surface area contributed by atoms with Crippen molar-refractivity contribution in [3.05, 3.63) is 35.6 Å². The van der Waals surface area contributed by atoms with Crippen LogP contribution in [-0.2, 0) is 10.3 Å². The summed E-state index contributed by atoms with van der Waals surface area (Å²) in [6, 6.07) is 8.65. The number of hydrogen-bond donors (Lipinski definition) is 1. The fraction of sp³-hybridized carbons (Fsp3) is 0.632. The van der Waals surface area contributed by atoms with Crippen LogP contribution in [0.2, 0.25) is 0 Å². The van der Waals surface area contributed by atoms with Crippen molar-refractivity contribution in [3.8, 4) is 6.07 Å². The largest absolute Gasteiger partial charge is 0.384 e. The van der Waals surface area contributed by atoms with Crippen LogP contribution in [0.4, 0.5) is 4.39 Å². The summed E-state index contributed by atoms with van der Waals surface area (Å²) in [6.07, 6.45) is 4.15. The summed E-state index contributed by atoms with van der Waals surface area (Å²) in [5.41, 5.74) is -0.339. The summed E-state index contributed by atoms with van der Waals surface area (Å²) in [5, 5.41) is 20.3. The van der Waals surface area contributed by atoms with E-state index >= 15 is 0 Å². The molecule has 1 unspecified atom stereocenters. The number of β-amino-alcohol motifs (C(OH)–C–C–N with tert-alkyl or cyclic N) is 1. The second kappa shape index (κ2) is 7.18. The molecule has 3 rings (SSSR count). The monoisotopic (exact) mass is 332 g/mol. The van der Waals surface area contributed by atoms with Crippen molar-refractivity contribution in [2.45, 2.75) is 37.7 Å². The van der Waals surface area contributed by atoms with Gasteiger partial charge in [0.15, 0.2) is 0 Å². The summed E-state index contributed by atoms with van der Waals surface area (Å²) < 4.78 is 18.4. The van der Waals surface area contributed by atoms with Crippen molar-refractivity contribution in [3.63, 3.8) is 0 Å². The molecule has 5 heteroatoms. The van der Waals surface area contributed by atoms with Crippen LogP contribution in [0.15, 0.2) is 24.3 Å². The molecule has 0 aliphatic carbocycles. The van der Waals surface area contributed by atoms with E-state index in [2.05, 4.69) is 11.0 Å². The Labute approximate surface area is 142 Å². The Hall–Kier alpha value is -1.48. The second-order valence-corrected chi connectivity index (χ2v) is 7.17. The first-order valence-electron chi connectivity index (χ1n) is 8.75. The third-order valence-electron chi connectivity index (χ3n) is 5.53. The van der Waals surface area contributed by atoms with Gasteiger partial charge in [0.05, 0.1) is 11.5 Å². The van der Waals surface area contributed by atoms with Gasteiger partial charge in [-0.05, 0) is 56.3 Å². The first-order chi connectivity index (χ1) is 11.6. The molecule has 24 heavy (non-hydrogen) atoms. The Morgan fingerprint density at radius 2 is 1.92 bits per heavy atom. The minimum atomic E-state index is -0.890. The molecule has 4 nitrogen and oxygen atoms in total. The van der Waals surface area contributed by atoms with Crippen molar-refractivity contribution in [2.24, 2.45) is 5.41 Å². The highest BCUT2D eigenvalue weighted by atomic mass is 19.1. The van der Waals surface area contributed by atoms with Gasteiger partial charge >= 0.3 is 0 Å². The SMILES string of the molecule is N#CC1(CCCN2CCC(O)(c3ccc(F)cc3)C2)CCOCC1. The quantitative estimate of drug-likeness (QED) is 0.901. The molecule has 0 saturated carbocycles. The highest BCUT2D eigenvalue weighted by Crippen LogP contribution is 2.36. The summed E-state index contributed by atoms with van der Waals surface area (Å²) in [7, 11) is 0. The lowest BCUT2D eigenvalue weighted by Gasteiger charge is -2.31. The molecule has 2 saturated heterocycles. The van der Waals surface area contributed by atoms with Gasteiger partial charge in [0.2, 0.25) is 0 Å². The van der Waals surface area contributed by atoms with Gasteiger partial charge in [-0.25, -0.2) is 4.39 Å². The second-order valence-electron chi connectivity index (χ2n) is 7.17. The molecule has 0 bridgehead atoms. The maximum atomic E-state index is 13.1. The molecule has 2 aliphatic heterocycles. The standard InChI is InChI=1S/C19H25FN2O2/c20-17-4-2-16(3-5-17)19(23)7-11-22(15-19)10-1-6-18(14-21)8-12-24-13-9-18/h2-5,23H,1,6-13,15H2. The van der Waals surface area contributed by atoms with Gasteiger partial charge in [0.25, 0.3) is 0 Å². The lowest BCUT2D eigenvalue weighted by atomic mass is 9.78. The average molecular weight is 332 g/mol. The minimum absolute atomic E-state index is 0.231. The van der Waals surface area contributed by atoms with Gasteiger partial charge in [-0.3, -0.25) is 0 Å². The molecule has 0 aromatic heterocycles. The zero-order chi connectivity index (χ0) is 17.0. The van der Waals surface area contributed by atoms with Crippen LogP contribution < -0.4 is 0 Å². The van der Waals surface area contributed by atoms with Crippen molar-refractivity contribution < 1.29 is 14.2 Å². The zero-order valence-corrected chi connectivity index (χ0v) is 14.0. The minimum Gasteiger partial charge on any atom is -0.384 e. The van der Waals surface area contributed by atoms with E-state index in [0.717, 1.165) is 44.3 Å². The molecular formula is C19H25FN2O2. The average Bonchev–Trinajstić information content (AvgIpc) is 2.99. The predicted octanol–water partition coefficient (Wildman–Crippen LogP) is 2.82. The van der Waals surface area contributed by atoms with Gasteiger partial charge < -0.3 is 14.7 Å². The molecular weight excluding hydrogens is 307 g/mol. The lowest BCUT2D eigenvalue weighted by Crippen LogP contribution is -2.32. The number of hydrogen-bond acceptors (Lipinski definition) is 4. The molecule has 130 valence electrons. The number of halogens is 1. The van der Waals surface area contributed by atoms with Crippen LogP contribution in [0.3, 0.4) is 0 Å². The normalized spacial score (nSPS) is 27.0. The van der Waals surface area contributed by atoms with E-state index in [1.807, 2.05) is 0 Å². The van der Waals surface area contributed by atoms with E-state index in [-0.39, 0.29) is 11.2 Å². The van der Waals surface area contributed by atoms with Gasteiger partial charge in [0, 0.05) is 26.3 Å². The van der Waals surface area contributed by atoms with Crippen LogP contribution in [0.5, 0.6) is 0 Å². The Morgan fingerprint density at radius 1 is 1.21 bits per heavy atom. The molecule has 0 amide bonds. The molecule has 1 atom stereocenters. The third-order valence-corrected chi connectivity index (χ3v) is 5.53. The van der Waals surface area contributed by atoms with Gasteiger partial charge in [-0.1, -0.05) is 12.1 Å². The number of likely N-dealkylation sites (tertiary alicyclic amines) is 1. The van der Waals surface area contributed by atoms with Gasteiger partial charge in [0.1, 0.15) is 11.4 Å². The van der Waals surface area contributed by atoms with Crippen LogP contribution in [-0.4, -0.2) is 42.9 Å². The third kappa shape index (κ3) is 3.77. The smallest absolute Gasteiger partial charge is 0.123 e. The predicted molar refractivity (Wildman–Crippen MR) is 88.7 cm³/mol. The van der Waals surface area contributed by atoms with E-state index in [9.17, 15) is 14.8 Å². The Morgan fingerprint density at radius 3 is 2.58 bits per heavy atom. The van der Waals surface area contributed by atoms with Crippen molar-refractivity contribution >= 4 is 0 Å². The van der Waals surface area contributed by atoms with Crippen LogP contribution >= 0.6 is 0 Å². The number of aliphatic hydroxyl groups is 1. The maximum absolute atomic E-state index is 13.1. The van der Waals surface area contributed by atoms with Crippen molar-refractivity contribution in [1.29, 1.82) is 5.26 Å². The van der Waals surface area contributed by atoms with E-state index < -0.39 is 5.60 Å². The lowest BCUT2D eigenvalue weighted by molar-refractivity contribution is 0.0329. The molecule has 2 heterocycles. The van der Waals surface area contributed by atoms with Crippen LogP contribution in [0.1, 0.15) is 37.7 Å². The van der Waals surface area contributed by atoms with E-state index in [4.69, 9.17) is 4.74 Å². The zero-order valence-electron chi connectivity index (χ0n) is 14.0. The molecule has 2 fully saturated rings. The fourth-order valence-corrected chi connectivity index (χ4v) is 3.88. The van der Waals surface area contributed by atoms with Crippen LogP contribution in [0.25, 0.3) is 0 Å². The highest BCUT2D eigenvalue weighted by molar-refractivity contribution is 5.24. The van der Waals surface area contributed by atoms with E-state index in [1.54, 1.807) is 12.1 Å². The molecule has 2 aliphatic rings. The summed E-state index contributed by atoms with van der Waals surface area (Å²) >= 11 is 0. The topological polar surface area (TPSA) is 56.5 Å². The van der Waals surface area contributed by atoms with Gasteiger partial charge in [-0.2, -0.15) is 5.26 Å². The first-order valence-corrected chi connectivity index (χ1v) is 8.75. The van der Waals surface area contributed by atoms with E-state index in [1.165, 1.54) is 12.1 Å². The number of benzene rings is 1. The van der Waals surface area contributed by atoms with Crippen molar-refractivity contribution in [1.82, 2.24) is 4.90 Å². The maximum Gasteiger partial charge on any atom is 0.123 e. The fourth-order valence-electron chi connectivity index (χ4n) is 3.88. The molecule has 0 radical (unpaired) electrons. The Balaban J connectivity index is 1.51. The number of rotatable bonds is 5. The summed E-state index contributed by atoms with van der Waals surface area (Å²) in [5.74, 6) is -0.282. The molecule has 1 aromatic carbocycles.